The molecule has 1 aliphatic carbocycles. The third-order valence-electron chi connectivity index (χ3n) is 5.07. The number of aromatic nitrogens is 2. The highest BCUT2D eigenvalue weighted by molar-refractivity contribution is 5.95. The lowest BCUT2D eigenvalue weighted by Crippen LogP contribution is -2.38. The lowest BCUT2D eigenvalue weighted by molar-refractivity contribution is -0.125. The SMILES string of the molecule is O=C(COC(=O)c1ccc2nc(-c3ccccc3)[nH]c2c1)NC1CCCCC1. The van der Waals surface area contributed by atoms with Crippen LogP contribution in [0.2, 0.25) is 0 Å². The molecule has 1 aromatic heterocycles. The number of nitrogens with one attached hydrogen (secondary N) is 2. The predicted molar refractivity (Wildman–Crippen MR) is 107 cm³/mol. The molecule has 3 aromatic rings. The van der Waals surface area contributed by atoms with Crippen molar-refractivity contribution in [3.8, 4) is 11.4 Å². The maximum absolute atomic E-state index is 12.3. The number of benzene rings is 2. The molecule has 6 heteroatoms. The number of esters is 1. The quantitative estimate of drug-likeness (QED) is 0.662. The van der Waals surface area contributed by atoms with Crippen LogP contribution in [0, 0.1) is 0 Å². The number of nitrogens with zero attached hydrogens (tertiary/aromatic N) is 1. The van der Waals surface area contributed by atoms with Gasteiger partial charge < -0.3 is 15.0 Å². The number of fused-ring (bicyclic) bond motifs is 1. The Bertz CT molecular complexity index is 975. The second-order valence-electron chi connectivity index (χ2n) is 7.16. The second kappa shape index (κ2) is 8.25. The molecule has 1 fully saturated rings. The van der Waals surface area contributed by atoms with E-state index in [1.54, 1.807) is 18.2 Å². The Morgan fingerprint density at radius 2 is 1.86 bits per heavy atom. The van der Waals surface area contributed by atoms with Crippen LogP contribution in [0.15, 0.2) is 48.5 Å². The summed E-state index contributed by atoms with van der Waals surface area (Å²) < 4.78 is 5.19. The summed E-state index contributed by atoms with van der Waals surface area (Å²) >= 11 is 0. The zero-order valence-electron chi connectivity index (χ0n) is 15.6. The molecule has 1 heterocycles. The summed E-state index contributed by atoms with van der Waals surface area (Å²) in [5, 5.41) is 2.94. The standard InChI is InChI=1S/C22H23N3O3/c26-20(23-17-9-5-2-6-10-17)14-28-22(27)16-11-12-18-19(13-16)25-21(24-18)15-7-3-1-4-8-15/h1,3-4,7-8,11-13,17H,2,5-6,9-10,14H2,(H,23,26)(H,24,25). The highest BCUT2D eigenvalue weighted by atomic mass is 16.5. The van der Waals surface area contributed by atoms with Crippen molar-refractivity contribution in [3.63, 3.8) is 0 Å². The number of carbonyl (C=O) groups excluding carboxylic acids is 2. The number of hydrogen-bond acceptors (Lipinski definition) is 4. The van der Waals surface area contributed by atoms with Gasteiger partial charge in [0.25, 0.3) is 5.91 Å². The Balaban J connectivity index is 1.39. The van der Waals surface area contributed by atoms with Crippen LogP contribution in [-0.4, -0.2) is 34.5 Å². The number of ether oxygens (including phenoxy) is 1. The van der Waals surface area contributed by atoms with E-state index in [9.17, 15) is 9.59 Å². The van der Waals surface area contributed by atoms with Crippen LogP contribution in [0.5, 0.6) is 0 Å². The Kier molecular flexibility index (Phi) is 5.37. The fourth-order valence-electron chi connectivity index (χ4n) is 3.60. The van der Waals surface area contributed by atoms with E-state index in [1.807, 2.05) is 30.3 Å². The number of rotatable bonds is 5. The number of imidazole rings is 1. The monoisotopic (exact) mass is 377 g/mol. The average molecular weight is 377 g/mol. The molecule has 0 bridgehead atoms. The molecule has 0 spiro atoms. The Morgan fingerprint density at radius 3 is 2.64 bits per heavy atom. The largest absolute Gasteiger partial charge is 0.452 e. The van der Waals surface area contributed by atoms with Crippen molar-refractivity contribution < 1.29 is 14.3 Å². The van der Waals surface area contributed by atoms with Gasteiger partial charge in [-0.1, -0.05) is 49.6 Å². The predicted octanol–water partition coefficient (Wildman–Crippen LogP) is 3.84. The molecule has 1 aliphatic rings. The molecule has 28 heavy (non-hydrogen) atoms. The zero-order chi connectivity index (χ0) is 19.3. The Morgan fingerprint density at radius 1 is 1.07 bits per heavy atom. The van der Waals surface area contributed by atoms with Crippen molar-refractivity contribution in [1.82, 2.24) is 15.3 Å². The van der Waals surface area contributed by atoms with Crippen molar-refractivity contribution in [3.05, 3.63) is 54.1 Å². The minimum Gasteiger partial charge on any atom is -0.452 e. The number of hydrogen-bond donors (Lipinski definition) is 2. The third-order valence-corrected chi connectivity index (χ3v) is 5.07. The first-order valence-corrected chi connectivity index (χ1v) is 9.71. The molecule has 1 amide bonds. The number of amides is 1. The van der Waals surface area contributed by atoms with Crippen LogP contribution >= 0.6 is 0 Å². The fourth-order valence-corrected chi connectivity index (χ4v) is 3.60. The van der Waals surface area contributed by atoms with Crippen molar-refractivity contribution in [1.29, 1.82) is 0 Å². The van der Waals surface area contributed by atoms with Crippen molar-refractivity contribution >= 4 is 22.9 Å². The van der Waals surface area contributed by atoms with Crippen LogP contribution in [-0.2, 0) is 9.53 Å². The lowest BCUT2D eigenvalue weighted by Gasteiger charge is -2.22. The molecule has 2 N–H and O–H groups in total. The van der Waals surface area contributed by atoms with Gasteiger partial charge in [0.1, 0.15) is 5.82 Å². The minimum atomic E-state index is -0.517. The van der Waals surface area contributed by atoms with Gasteiger partial charge in [0.05, 0.1) is 16.6 Å². The first-order chi connectivity index (χ1) is 13.7. The van der Waals surface area contributed by atoms with Gasteiger partial charge in [-0.25, -0.2) is 9.78 Å². The topological polar surface area (TPSA) is 84.1 Å². The summed E-state index contributed by atoms with van der Waals surface area (Å²) in [6.45, 7) is -0.258. The molecule has 6 nitrogen and oxygen atoms in total. The van der Waals surface area contributed by atoms with Gasteiger partial charge in [0, 0.05) is 11.6 Å². The summed E-state index contributed by atoms with van der Waals surface area (Å²) in [5.74, 6) is -0.0150. The summed E-state index contributed by atoms with van der Waals surface area (Å²) in [6.07, 6.45) is 5.50. The van der Waals surface area contributed by atoms with Gasteiger partial charge in [0.2, 0.25) is 0 Å². The molecule has 0 unspecified atom stereocenters. The van der Waals surface area contributed by atoms with Gasteiger partial charge >= 0.3 is 5.97 Å². The number of H-pyrrole nitrogens is 1. The molecule has 2 aromatic carbocycles. The average Bonchev–Trinajstić information content (AvgIpc) is 3.17. The van der Waals surface area contributed by atoms with E-state index in [4.69, 9.17) is 4.74 Å². The van der Waals surface area contributed by atoms with Crippen LogP contribution in [0.25, 0.3) is 22.4 Å². The molecular weight excluding hydrogens is 354 g/mol. The minimum absolute atomic E-state index is 0.206. The molecule has 0 atom stereocenters. The zero-order valence-corrected chi connectivity index (χ0v) is 15.6. The highest BCUT2D eigenvalue weighted by Gasteiger charge is 2.17. The van der Waals surface area contributed by atoms with Crippen LogP contribution in [0.1, 0.15) is 42.5 Å². The van der Waals surface area contributed by atoms with E-state index in [-0.39, 0.29) is 18.6 Å². The van der Waals surface area contributed by atoms with Crippen LogP contribution in [0.4, 0.5) is 0 Å². The molecule has 0 radical (unpaired) electrons. The third kappa shape index (κ3) is 4.22. The maximum atomic E-state index is 12.3. The number of aromatic amines is 1. The van der Waals surface area contributed by atoms with Crippen molar-refractivity contribution in [2.24, 2.45) is 0 Å². The van der Waals surface area contributed by atoms with E-state index in [1.165, 1.54) is 6.42 Å². The molecule has 1 saturated carbocycles. The second-order valence-corrected chi connectivity index (χ2v) is 7.16. The van der Waals surface area contributed by atoms with Gasteiger partial charge in [-0.3, -0.25) is 4.79 Å². The maximum Gasteiger partial charge on any atom is 0.338 e. The Hall–Kier alpha value is -3.15. The molecule has 0 aliphatic heterocycles. The number of carbonyl (C=O) groups is 2. The van der Waals surface area contributed by atoms with Crippen LogP contribution < -0.4 is 5.32 Å². The van der Waals surface area contributed by atoms with E-state index in [0.717, 1.165) is 48.1 Å². The van der Waals surface area contributed by atoms with E-state index in [0.29, 0.717) is 5.56 Å². The normalized spacial score (nSPS) is 14.7. The molecule has 0 saturated heterocycles. The van der Waals surface area contributed by atoms with E-state index < -0.39 is 5.97 Å². The summed E-state index contributed by atoms with van der Waals surface area (Å²) in [6, 6.07) is 15.1. The van der Waals surface area contributed by atoms with E-state index in [2.05, 4.69) is 15.3 Å². The van der Waals surface area contributed by atoms with Crippen LogP contribution in [0.3, 0.4) is 0 Å². The smallest absolute Gasteiger partial charge is 0.338 e. The van der Waals surface area contributed by atoms with Crippen molar-refractivity contribution in [2.75, 3.05) is 6.61 Å². The van der Waals surface area contributed by atoms with Gasteiger partial charge in [-0.2, -0.15) is 0 Å². The summed E-state index contributed by atoms with van der Waals surface area (Å²) in [7, 11) is 0. The van der Waals surface area contributed by atoms with E-state index >= 15 is 0 Å². The first kappa shape index (κ1) is 18.2. The highest BCUT2D eigenvalue weighted by Crippen LogP contribution is 2.21. The Labute approximate surface area is 163 Å². The molecule has 144 valence electrons. The van der Waals surface area contributed by atoms with Gasteiger partial charge in [0.15, 0.2) is 6.61 Å². The lowest BCUT2D eigenvalue weighted by atomic mass is 9.95. The van der Waals surface area contributed by atoms with Crippen molar-refractivity contribution in [2.45, 2.75) is 38.1 Å². The summed E-state index contributed by atoms with van der Waals surface area (Å²) in [4.78, 5) is 32.1. The first-order valence-electron chi connectivity index (χ1n) is 9.71. The fraction of sp³-hybridized carbons (Fsp3) is 0.318. The molecular formula is C22H23N3O3. The molecule has 4 rings (SSSR count). The summed E-state index contributed by atoms with van der Waals surface area (Å²) in [5.41, 5.74) is 2.88. The van der Waals surface area contributed by atoms with Gasteiger partial charge in [-0.15, -0.1) is 0 Å². The van der Waals surface area contributed by atoms with Gasteiger partial charge in [-0.05, 0) is 31.0 Å².